The van der Waals surface area contributed by atoms with Crippen LogP contribution in [0.2, 0.25) is 0 Å². The summed E-state index contributed by atoms with van der Waals surface area (Å²) in [6.45, 7) is 7.57. The molecule has 0 unspecified atom stereocenters. The minimum absolute atomic E-state index is 0.112. The summed E-state index contributed by atoms with van der Waals surface area (Å²) in [4.78, 5) is 2.45. The van der Waals surface area contributed by atoms with Crippen LogP contribution >= 0.6 is 0 Å². The van der Waals surface area contributed by atoms with Gasteiger partial charge in [0.2, 0.25) is 0 Å². The molecule has 5 heteroatoms. The first kappa shape index (κ1) is 12.8. The van der Waals surface area contributed by atoms with E-state index in [2.05, 4.69) is 57.8 Å². The standard InChI is InChI=1S/C16H20N4O/c1-16(2)9-12-5-3-4-6-13(12)20(16)10-14-17-18-15-11-21-8-7-19(14)15/h3-6H,7-11H2,1-2H3. The summed E-state index contributed by atoms with van der Waals surface area (Å²) >= 11 is 0. The van der Waals surface area contributed by atoms with Crippen molar-refractivity contribution in [2.75, 3.05) is 11.5 Å². The maximum atomic E-state index is 5.44. The molecule has 21 heavy (non-hydrogen) atoms. The van der Waals surface area contributed by atoms with Crippen LogP contribution in [-0.2, 0) is 30.9 Å². The zero-order chi connectivity index (χ0) is 14.4. The third-order valence-corrected chi connectivity index (χ3v) is 4.53. The zero-order valence-corrected chi connectivity index (χ0v) is 12.5. The number of aromatic nitrogens is 3. The summed E-state index contributed by atoms with van der Waals surface area (Å²) in [5, 5.41) is 8.65. The lowest BCUT2D eigenvalue weighted by Crippen LogP contribution is -2.41. The van der Waals surface area contributed by atoms with Crippen LogP contribution in [0.4, 0.5) is 5.69 Å². The first-order valence-electron chi connectivity index (χ1n) is 7.49. The van der Waals surface area contributed by atoms with Crippen LogP contribution < -0.4 is 4.90 Å². The van der Waals surface area contributed by atoms with E-state index in [0.717, 1.165) is 37.8 Å². The second kappa shape index (κ2) is 4.56. The molecular formula is C16H20N4O. The second-order valence-corrected chi connectivity index (χ2v) is 6.44. The van der Waals surface area contributed by atoms with Gasteiger partial charge in [-0.1, -0.05) is 18.2 Å². The molecule has 2 aliphatic heterocycles. The van der Waals surface area contributed by atoms with Crippen LogP contribution in [0.5, 0.6) is 0 Å². The van der Waals surface area contributed by atoms with Crippen molar-refractivity contribution in [1.82, 2.24) is 14.8 Å². The molecule has 0 spiro atoms. The van der Waals surface area contributed by atoms with Gasteiger partial charge in [0.15, 0.2) is 11.6 Å². The number of fused-ring (bicyclic) bond motifs is 2. The molecular weight excluding hydrogens is 264 g/mol. The smallest absolute Gasteiger partial charge is 0.159 e. The lowest BCUT2D eigenvalue weighted by atomic mass is 9.99. The molecule has 2 aliphatic rings. The minimum Gasteiger partial charge on any atom is -0.372 e. The van der Waals surface area contributed by atoms with Gasteiger partial charge in [0.1, 0.15) is 6.61 Å². The Bertz CT molecular complexity index is 677. The molecule has 0 fully saturated rings. The van der Waals surface area contributed by atoms with Crippen LogP contribution in [0, 0.1) is 0 Å². The molecule has 1 aromatic heterocycles. The summed E-state index contributed by atoms with van der Waals surface area (Å²) < 4.78 is 7.65. The maximum Gasteiger partial charge on any atom is 0.159 e. The van der Waals surface area contributed by atoms with Crippen LogP contribution in [0.25, 0.3) is 0 Å². The highest BCUT2D eigenvalue weighted by Crippen LogP contribution is 2.39. The molecule has 0 amide bonds. The number of anilines is 1. The Kier molecular flexibility index (Phi) is 2.79. The molecule has 1 aromatic carbocycles. The van der Waals surface area contributed by atoms with Gasteiger partial charge in [-0.05, 0) is 31.9 Å². The average Bonchev–Trinajstić information content (AvgIpc) is 2.99. The molecule has 0 saturated heterocycles. The Hall–Kier alpha value is -1.88. The molecule has 2 aromatic rings. The molecule has 0 atom stereocenters. The van der Waals surface area contributed by atoms with Crippen molar-refractivity contribution in [2.45, 2.75) is 45.5 Å². The lowest BCUT2D eigenvalue weighted by Gasteiger charge is -2.34. The van der Waals surface area contributed by atoms with E-state index >= 15 is 0 Å². The Morgan fingerprint density at radius 1 is 1.24 bits per heavy atom. The van der Waals surface area contributed by atoms with Crippen molar-refractivity contribution in [3.63, 3.8) is 0 Å². The highest BCUT2D eigenvalue weighted by molar-refractivity contribution is 5.61. The third kappa shape index (κ3) is 2.03. The van der Waals surface area contributed by atoms with Gasteiger partial charge < -0.3 is 14.2 Å². The summed E-state index contributed by atoms with van der Waals surface area (Å²) in [5.74, 6) is 1.99. The van der Waals surface area contributed by atoms with Crippen molar-refractivity contribution >= 4 is 5.69 Å². The predicted octanol–water partition coefficient (Wildman–Crippen LogP) is 2.15. The van der Waals surface area contributed by atoms with Gasteiger partial charge in [-0.3, -0.25) is 0 Å². The normalized spacial score (nSPS) is 19.4. The van der Waals surface area contributed by atoms with Gasteiger partial charge in [0.05, 0.1) is 13.2 Å². The average molecular weight is 284 g/mol. The molecule has 0 bridgehead atoms. The second-order valence-electron chi connectivity index (χ2n) is 6.44. The molecule has 0 N–H and O–H groups in total. The highest BCUT2D eigenvalue weighted by atomic mass is 16.5. The quantitative estimate of drug-likeness (QED) is 0.847. The summed E-state index contributed by atoms with van der Waals surface area (Å²) in [6.07, 6.45) is 1.08. The number of rotatable bonds is 2. The van der Waals surface area contributed by atoms with Gasteiger partial charge in [-0.15, -0.1) is 10.2 Å². The summed E-state index contributed by atoms with van der Waals surface area (Å²) in [5.41, 5.74) is 2.86. The molecule has 3 heterocycles. The topological polar surface area (TPSA) is 43.2 Å². The largest absolute Gasteiger partial charge is 0.372 e. The first-order valence-corrected chi connectivity index (χ1v) is 7.49. The van der Waals surface area contributed by atoms with E-state index in [-0.39, 0.29) is 5.54 Å². The first-order chi connectivity index (χ1) is 10.1. The maximum absolute atomic E-state index is 5.44. The van der Waals surface area contributed by atoms with Crippen LogP contribution in [0.3, 0.4) is 0 Å². The number of hydrogen-bond donors (Lipinski definition) is 0. The summed E-state index contributed by atoms with van der Waals surface area (Å²) in [6, 6.07) is 8.67. The van der Waals surface area contributed by atoms with Crippen molar-refractivity contribution in [3.05, 3.63) is 41.5 Å². The van der Waals surface area contributed by atoms with Crippen LogP contribution in [0.1, 0.15) is 31.1 Å². The fourth-order valence-electron chi connectivity index (χ4n) is 3.43. The Morgan fingerprint density at radius 2 is 2.10 bits per heavy atom. The highest BCUT2D eigenvalue weighted by Gasteiger charge is 2.36. The molecule has 110 valence electrons. The van der Waals surface area contributed by atoms with Crippen molar-refractivity contribution in [1.29, 1.82) is 0 Å². The predicted molar refractivity (Wildman–Crippen MR) is 80.1 cm³/mol. The van der Waals surface area contributed by atoms with Gasteiger partial charge in [0, 0.05) is 17.8 Å². The fourth-order valence-corrected chi connectivity index (χ4v) is 3.43. The SMILES string of the molecule is CC1(C)Cc2ccccc2N1Cc1nnc2n1CCOC2. The molecule has 4 rings (SSSR count). The Balaban J connectivity index is 1.69. The molecule has 0 saturated carbocycles. The van der Waals surface area contributed by atoms with E-state index in [1.807, 2.05) is 0 Å². The number of nitrogens with zero attached hydrogens (tertiary/aromatic N) is 4. The summed E-state index contributed by atoms with van der Waals surface area (Å²) in [7, 11) is 0. The molecule has 0 radical (unpaired) electrons. The zero-order valence-electron chi connectivity index (χ0n) is 12.5. The van der Waals surface area contributed by atoms with Crippen molar-refractivity contribution in [3.8, 4) is 0 Å². The van der Waals surface area contributed by atoms with Crippen LogP contribution in [-0.4, -0.2) is 26.9 Å². The van der Waals surface area contributed by atoms with E-state index in [0.29, 0.717) is 6.61 Å². The Morgan fingerprint density at radius 3 is 3.00 bits per heavy atom. The number of hydrogen-bond acceptors (Lipinski definition) is 4. The van der Waals surface area contributed by atoms with Gasteiger partial charge >= 0.3 is 0 Å². The van der Waals surface area contributed by atoms with Gasteiger partial charge in [-0.2, -0.15) is 0 Å². The van der Waals surface area contributed by atoms with Crippen molar-refractivity contribution in [2.24, 2.45) is 0 Å². The van der Waals surface area contributed by atoms with E-state index in [1.54, 1.807) is 0 Å². The monoisotopic (exact) mass is 284 g/mol. The minimum atomic E-state index is 0.112. The lowest BCUT2D eigenvalue weighted by molar-refractivity contribution is 0.0805. The number of ether oxygens (including phenoxy) is 1. The number of para-hydroxylation sites is 1. The van der Waals surface area contributed by atoms with E-state index in [9.17, 15) is 0 Å². The fraction of sp³-hybridized carbons (Fsp3) is 0.500. The third-order valence-electron chi connectivity index (χ3n) is 4.53. The van der Waals surface area contributed by atoms with E-state index in [4.69, 9.17) is 4.74 Å². The molecule has 0 aliphatic carbocycles. The van der Waals surface area contributed by atoms with Gasteiger partial charge in [-0.25, -0.2) is 0 Å². The molecule has 5 nitrogen and oxygen atoms in total. The van der Waals surface area contributed by atoms with Crippen LogP contribution in [0.15, 0.2) is 24.3 Å². The van der Waals surface area contributed by atoms with E-state index in [1.165, 1.54) is 11.3 Å². The Labute approximate surface area is 124 Å². The van der Waals surface area contributed by atoms with E-state index < -0.39 is 0 Å². The van der Waals surface area contributed by atoms with Gasteiger partial charge in [0.25, 0.3) is 0 Å². The van der Waals surface area contributed by atoms with Crippen molar-refractivity contribution < 1.29 is 4.74 Å². The number of benzene rings is 1.